The molecule has 7 heteroatoms. The predicted octanol–water partition coefficient (Wildman–Crippen LogP) is 2.82. The second kappa shape index (κ2) is 9.05. The van der Waals surface area contributed by atoms with Gasteiger partial charge in [0.25, 0.3) is 5.91 Å². The van der Waals surface area contributed by atoms with Gasteiger partial charge < -0.3 is 23.4 Å². The molecule has 2 aromatic heterocycles. The zero-order valence-corrected chi connectivity index (χ0v) is 15.5. The molecule has 0 aliphatic carbocycles. The Morgan fingerprint density at radius 3 is 2.89 bits per heavy atom. The van der Waals surface area contributed by atoms with E-state index in [1.807, 2.05) is 35.0 Å². The molecule has 7 nitrogen and oxygen atoms in total. The summed E-state index contributed by atoms with van der Waals surface area (Å²) in [6, 6.07) is 11.2. The zero-order chi connectivity index (χ0) is 19.1. The van der Waals surface area contributed by atoms with Crippen molar-refractivity contribution >= 4 is 5.91 Å². The van der Waals surface area contributed by atoms with Crippen molar-refractivity contribution in [2.45, 2.75) is 13.1 Å². The number of benzene rings is 1. The Hall–Kier alpha value is -3.06. The van der Waals surface area contributed by atoms with E-state index in [2.05, 4.69) is 4.98 Å². The van der Waals surface area contributed by atoms with Crippen LogP contribution in [-0.4, -0.2) is 47.7 Å². The Morgan fingerprint density at radius 1 is 1.26 bits per heavy atom. The van der Waals surface area contributed by atoms with Gasteiger partial charge in [-0.05, 0) is 29.8 Å². The quantitative estimate of drug-likeness (QED) is 0.580. The van der Waals surface area contributed by atoms with E-state index >= 15 is 0 Å². The highest BCUT2D eigenvalue weighted by molar-refractivity contribution is 5.91. The first-order valence-corrected chi connectivity index (χ1v) is 8.66. The lowest BCUT2D eigenvalue weighted by Gasteiger charge is -2.21. The van der Waals surface area contributed by atoms with E-state index in [1.165, 1.54) is 6.26 Å². The fourth-order valence-electron chi connectivity index (χ4n) is 2.78. The highest BCUT2D eigenvalue weighted by Gasteiger charge is 2.20. The van der Waals surface area contributed by atoms with Crippen molar-refractivity contribution < 1.29 is 18.7 Å². The number of imidazole rings is 1. The third kappa shape index (κ3) is 4.77. The van der Waals surface area contributed by atoms with Gasteiger partial charge in [0.1, 0.15) is 11.6 Å². The number of amides is 1. The summed E-state index contributed by atoms with van der Waals surface area (Å²) in [5.74, 6) is 1.71. The number of hydrogen-bond acceptors (Lipinski definition) is 5. The van der Waals surface area contributed by atoms with Crippen LogP contribution in [0.2, 0.25) is 0 Å². The average molecular weight is 369 g/mol. The first-order chi connectivity index (χ1) is 13.2. The largest absolute Gasteiger partial charge is 0.497 e. The van der Waals surface area contributed by atoms with Crippen molar-refractivity contribution in [3.63, 3.8) is 0 Å². The maximum absolute atomic E-state index is 12.7. The molecule has 0 radical (unpaired) electrons. The summed E-state index contributed by atoms with van der Waals surface area (Å²) >= 11 is 0. The molecule has 0 saturated heterocycles. The number of aromatic nitrogens is 2. The zero-order valence-electron chi connectivity index (χ0n) is 15.5. The Kier molecular flexibility index (Phi) is 6.27. The molecule has 0 aliphatic heterocycles. The topological polar surface area (TPSA) is 69.7 Å². The number of carbonyl (C=O) groups is 1. The fourth-order valence-corrected chi connectivity index (χ4v) is 2.78. The number of nitrogens with zero attached hydrogens (tertiary/aromatic N) is 3. The minimum absolute atomic E-state index is 0.187. The molecule has 0 N–H and O–H groups in total. The van der Waals surface area contributed by atoms with Crippen LogP contribution in [0.15, 0.2) is 59.5 Å². The van der Waals surface area contributed by atoms with Crippen LogP contribution in [-0.2, 0) is 17.8 Å². The van der Waals surface area contributed by atoms with Gasteiger partial charge in [0.05, 0.1) is 26.5 Å². The van der Waals surface area contributed by atoms with E-state index in [4.69, 9.17) is 13.9 Å². The standard InChI is InChI=1S/C20H23N3O4/c1-25-12-10-23(20(24)18-7-4-11-27-18)15-19-21-8-9-22(19)14-16-5-3-6-17(13-16)26-2/h3-9,11,13H,10,12,14-15H2,1-2H3. The molecule has 0 atom stereocenters. The smallest absolute Gasteiger partial charge is 0.290 e. The molecule has 0 fully saturated rings. The van der Waals surface area contributed by atoms with Gasteiger partial charge in [-0.2, -0.15) is 0 Å². The average Bonchev–Trinajstić information content (AvgIpc) is 3.37. The van der Waals surface area contributed by atoms with Crippen LogP contribution in [0.3, 0.4) is 0 Å². The van der Waals surface area contributed by atoms with Crippen molar-refractivity contribution in [1.29, 1.82) is 0 Å². The molecule has 0 spiro atoms. The molecule has 1 aromatic carbocycles. The van der Waals surface area contributed by atoms with Gasteiger partial charge in [-0.3, -0.25) is 4.79 Å². The minimum Gasteiger partial charge on any atom is -0.497 e. The van der Waals surface area contributed by atoms with Crippen molar-refractivity contribution in [3.8, 4) is 5.75 Å². The van der Waals surface area contributed by atoms with E-state index in [-0.39, 0.29) is 5.91 Å². The number of hydrogen-bond donors (Lipinski definition) is 0. The first kappa shape index (κ1) is 18.7. The lowest BCUT2D eigenvalue weighted by atomic mass is 10.2. The van der Waals surface area contributed by atoms with Crippen LogP contribution in [0.25, 0.3) is 0 Å². The molecular weight excluding hydrogens is 346 g/mol. The maximum atomic E-state index is 12.7. The van der Waals surface area contributed by atoms with Crippen molar-refractivity contribution in [3.05, 3.63) is 72.2 Å². The monoisotopic (exact) mass is 369 g/mol. The van der Waals surface area contributed by atoms with Crippen molar-refractivity contribution in [1.82, 2.24) is 14.5 Å². The van der Waals surface area contributed by atoms with E-state index in [0.717, 1.165) is 17.1 Å². The van der Waals surface area contributed by atoms with Crippen molar-refractivity contribution in [2.24, 2.45) is 0 Å². The van der Waals surface area contributed by atoms with E-state index in [0.29, 0.717) is 32.0 Å². The van der Waals surface area contributed by atoms with Crippen LogP contribution in [0, 0.1) is 0 Å². The van der Waals surface area contributed by atoms with Crippen LogP contribution in [0.4, 0.5) is 0 Å². The van der Waals surface area contributed by atoms with E-state index in [9.17, 15) is 4.79 Å². The molecule has 2 heterocycles. The van der Waals surface area contributed by atoms with Gasteiger partial charge in [-0.15, -0.1) is 0 Å². The number of rotatable bonds is 9. The summed E-state index contributed by atoms with van der Waals surface area (Å²) in [5.41, 5.74) is 1.09. The fraction of sp³-hybridized carbons (Fsp3) is 0.300. The molecule has 0 aliphatic rings. The van der Waals surface area contributed by atoms with Crippen LogP contribution in [0.5, 0.6) is 5.75 Å². The summed E-state index contributed by atoms with van der Waals surface area (Å²) in [6.45, 7) is 1.88. The lowest BCUT2D eigenvalue weighted by Crippen LogP contribution is -2.34. The van der Waals surface area contributed by atoms with Gasteiger partial charge in [-0.25, -0.2) is 4.98 Å². The summed E-state index contributed by atoms with van der Waals surface area (Å²) in [5, 5.41) is 0. The van der Waals surface area contributed by atoms with Crippen LogP contribution < -0.4 is 4.74 Å². The maximum Gasteiger partial charge on any atom is 0.290 e. The highest BCUT2D eigenvalue weighted by Crippen LogP contribution is 2.15. The van der Waals surface area contributed by atoms with Crippen molar-refractivity contribution in [2.75, 3.05) is 27.4 Å². The van der Waals surface area contributed by atoms with Crippen LogP contribution in [0.1, 0.15) is 21.9 Å². The van der Waals surface area contributed by atoms with Gasteiger partial charge in [0.15, 0.2) is 5.76 Å². The number of methoxy groups -OCH3 is 2. The number of furan rings is 1. The van der Waals surface area contributed by atoms with Gasteiger partial charge >= 0.3 is 0 Å². The van der Waals surface area contributed by atoms with E-state index in [1.54, 1.807) is 37.4 Å². The molecule has 0 saturated carbocycles. The summed E-state index contributed by atoms with van der Waals surface area (Å²) in [7, 11) is 3.26. The summed E-state index contributed by atoms with van der Waals surface area (Å²) in [6.07, 6.45) is 5.13. The molecule has 0 unspecified atom stereocenters. The number of ether oxygens (including phenoxy) is 2. The molecule has 1 amide bonds. The Bertz CT molecular complexity index is 858. The van der Waals surface area contributed by atoms with Gasteiger partial charge in [0.2, 0.25) is 0 Å². The molecule has 142 valence electrons. The summed E-state index contributed by atoms with van der Waals surface area (Å²) in [4.78, 5) is 18.8. The van der Waals surface area contributed by atoms with Crippen LogP contribution >= 0.6 is 0 Å². The second-order valence-electron chi connectivity index (χ2n) is 6.02. The molecule has 3 aromatic rings. The molecule has 0 bridgehead atoms. The third-order valence-corrected chi connectivity index (χ3v) is 4.21. The number of carbonyl (C=O) groups excluding carboxylic acids is 1. The molecule has 3 rings (SSSR count). The normalized spacial score (nSPS) is 10.7. The summed E-state index contributed by atoms with van der Waals surface area (Å²) < 4.78 is 17.7. The first-order valence-electron chi connectivity index (χ1n) is 8.66. The Balaban J connectivity index is 1.76. The van der Waals surface area contributed by atoms with E-state index < -0.39 is 0 Å². The predicted molar refractivity (Wildman–Crippen MR) is 99.6 cm³/mol. The highest BCUT2D eigenvalue weighted by atomic mass is 16.5. The Labute approximate surface area is 158 Å². The van der Waals surface area contributed by atoms with Gasteiger partial charge in [-0.1, -0.05) is 12.1 Å². The second-order valence-corrected chi connectivity index (χ2v) is 6.02. The third-order valence-electron chi connectivity index (χ3n) is 4.21. The molecular formula is C20H23N3O4. The SMILES string of the molecule is COCCN(Cc1nccn1Cc1cccc(OC)c1)C(=O)c1ccco1. The Morgan fingerprint density at radius 2 is 2.15 bits per heavy atom. The van der Waals surface area contributed by atoms with Gasteiger partial charge in [0, 0.05) is 32.6 Å². The minimum atomic E-state index is -0.187. The molecule has 27 heavy (non-hydrogen) atoms. The lowest BCUT2D eigenvalue weighted by molar-refractivity contribution is 0.0642.